The van der Waals surface area contributed by atoms with Gasteiger partial charge in [0.15, 0.2) is 0 Å². The molecule has 32 heavy (non-hydrogen) atoms. The van der Waals surface area contributed by atoms with Crippen molar-refractivity contribution in [3.05, 3.63) is 18.2 Å². The van der Waals surface area contributed by atoms with Crippen LogP contribution in [0.2, 0.25) is 0 Å². The number of carbonyl (C=O) groups excluding carboxylic acids is 3. The summed E-state index contributed by atoms with van der Waals surface area (Å²) in [5.41, 5.74) is 11.5. The van der Waals surface area contributed by atoms with E-state index in [0.29, 0.717) is 25.1 Å². The molecule has 0 aliphatic rings. The van der Waals surface area contributed by atoms with Crippen LogP contribution in [0.25, 0.3) is 0 Å². The number of nitrogens with one attached hydrogen (secondary N) is 4. The Morgan fingerprint density at radius 2 is 1.69 bits per heavy atom. The zero-order valence-electron chi connectivity index (χ0n) is 17.5. The summed E-state index contributed by atoms with van der Waals surface area (Å²) in [6.45, 7) is -0.351. The third-order valence-corrected chi connectivity index (χ3v) is 4.92. The van der Waals surface area contributed by atoms with Gasteiger partial charge in [0.25, 0.3) is 0 Å². The molecule has 1 rings (SSSR count). The molecule has 0 bridgehead atoms. The minimum atomic E-state index is -1.37. The van der Waals surface area contributed by atoms with E-state index in [1.165, 1.54) is 12.5 Å². The van der Waals surface area contributed by atoms with E-state index < -0.39 is 54.5 Å². The highest BCUT2D eigenvalue weighted by atomic mass is 32.1. The predicted octanol–water partition coefficient (Wildman–Crippen LogP) is -3.13. The predicted molar refractivity (Wildman–Crippen MR) is 118 cm³/mol. The Morgan fingerprint density at radius 3 is 2.22 bits per heavy atom. The molecule has 0 fully saturated rings. The first kappa shape index (κ1) is 27.4. The number of aliphatic carboxylic acids is 1. The maximum atomic E-state index is 12.8. The molecule has 1 heterocycles. The number of aliphatic hydroxyl groups is 1. The van der Waals surface area contributed by atoms with Gasteiger partial charge in [0, 0.05) is 24.1 Å². The number of thiol groups is 1. The molecular weight excluding hydrogens is 442 g/mol. The number of H-pyrrole nitrogens is 1. The molecule has 1 aromatic rings. The van der Waals surface area contributed by atoms with Gasteiger partial charge in [-0.2, -0.15) is 12.6 Å². The second-order valence-electron chi connectivity index (χ2n) is 7.06. The number of imidazole rings is 1. The molecule has 0 saturated carbocycles. The van der Waals surface area contributed by atoms with Crippen LogP contribution in [0.3, 0.4) is 0 Å². The van der Waals surface area contributed by atoms with Crippen LogP contribution in [0.1, 0.15) is 25.0 Å². The molecule has 4 unspecified atom stereocenters. The van der Waals surface area contributed by atoms with Gasteiger partial charge in [-0.1, -0.05) is 0 Å². The van der Waals surface area contributed by atoms with Gasteiger partial charge in [-0.3, -0.25) is 14.4 Å². The first-order valence-corrected chi connectivity index (χ1v) is 10.6. The van der Waals surface area contributed by atoms with Crippen molar-refractivity contribution in [1.29, 1.82) is 0 Å². The molecule has 0 radical (unpaired) electrons. The Labute approximate surface area is 190 Å². The average Bonchev–Trinajstić information content (AvgIpc) is 3.28. The van der Waals surface area contributed by atoms with Gasteiger partial charge < -0.3 is 42.6 Å². The fourth-order valence-electron chi connectivity index (χ4n) is 2.68. The number of nitrogens with two attached hydrogens (primary N) is 2. The quantitative estimate of drug-likeness (QED) is 0.0925. The van der Waals surface area contributed by atoms with E-state index >= 15 is 0 Å². The lowest BCUT2D eigenvalue weighted by Crippen LogP contribution is -2.58. The Kier molecular flexibility index (Phi) is 12.3. The van der Waals surface area contributed by atoms with Crippen LogP contribution < -0.4 is 27.4 Å². The third kappa shape index (κ3) is 9.21. The Morgan fingerprint density at radius 1 is 1.06 bits per heavy atom. The third-order valence-electron chi connectivity index (χ3n) is 4.52. The first-order valence-electron chi connectivity index (χ1n) is 10.0. The summed E-state index contributed by atoms with van der Waals surface area (Å²) < 4.78 is 0. The van der Waals surface area contributed by atoms with Crippen LogP contribution in [-0.2, 0) is 25.6 Å². The number of amides is 3. The van der Waals surface area contributed by atoms with E-state index in [1.807, 2.05) is 0 Å². The molecule has 0 saturated heterocycles. The maximum absolute atomic E-state index is 12.8. The number of aliphatic hydroxyl groups excluding tert-OH is 1. The van der Waals surface area contributed by atoms with Gasteiger partial charge in [-0.05, 0) is 25.8 Å². The van der Waals surface area contributed by atoms with Crippen molar-refractivity contribution >= 4 is 36.3 Å². The average molecular weight is 474 g/mol. The molecule has 0 aliphatic carbocycles. The van der Waals surface area contributed by atoms with Crippen molar-refractivity contribution in [3.63, 3.8) is 0 Å². The summed E-state index contributed by atoms with van der Waals surface area (Å²) in [5, 5.41) is 26.0. The molecule has 3 amide bonds. The molecule has 180 valence electrons. The fourth-order valence-corrected chi connectivity index (χ4v) is 2.84. The SMILES string of the molecule is NCCCCC(NC(=O)C(Cc1cnc[nH]1)NC(=O)C(CO)NC(=O)C(N)CS)C(=O)O. The van der Waals surface area contributed by atoms with Crippen LogP contribution in [0.15, 0.2) is 12.5 Å². The monoisotopic (exact) mass is 473 g/mol. The van der Waals surface area contributed by atoms with Crippen molar-refractivity contribution in [1.82, 2.24) is 25.9 Å². The normalized spacial score (nSPS) is 14.6. The number of unbranched alkanes of at least 4 members (excludes halogenated alkanes) is 1. The molecule has 0 aliphatic heterocycles. The summed E-state index contributed by atoms with van der Waals surface area (Å²) in [7, 11) is 0. The summed E-state index contributed by atoms with van der Waals surface area (Å²) in [5.74, 6) is -3.49. The Hall–Kier alpha value is -2.68. The number of nitrogens with zero attached hydrogens (tertiary/aromatic N) is 1. The highest BCUT2D eigenvalue weighted by Gasteiger charge is 2.30. The van der Waals surface area contributed by atoms with Crippen LogP contribution in [0, 0.1) is 0 Å². The van der Waals surface area contributed by atoms with E-state index in [9.17, 15) is 29.4 Å². The van der Waals surface area contributed by atoms with E-state index in [-0.39, 0.29) is 18.6 Å². The van der Waals surface area contributed by atoms with E-state index in [0.717, 1.165) is 0 Å². The summed E-state index contributed by atoms with van der Waals surface area (Å²) in [6.07, 6.45) is 4.05. The fraction of sp³-hybridized carbons (Fsp3) is 0.611. The van der Waals surface area contributed by atoms with Crippen molar-refractivity contribution in [2.45, 2.75) is 49.9 Å². The van der Waals surface area contributed by atoms with Crippen LogP contribution >= 0.6 is 12.6 Å². The number of carbonyl (C=O) groups is 4. The molecule has 10 N–H and O–H groups in total. The zero-order valence-corrected chi connectivity index (χ0v) is 18.4. The summed E-state index contributed by atoms with van der Waals surface area (Å²) in [6, 6.07) is -4.74. The highest BCUT2D eigenvalue weighted by molar-refractivity contribution is 7.80. The molecule has 14 heteroatoms. The molecule has 13 nitrogen and oxygen atoms in total. The lowest BCUT2D eigenvalue weighted by atomic mass is 10.1. The van der Waals surface area contributed by atoms with E-state index in [4.69, 9.17) is 11.5 Å². The summed E-state index contributed by atoms with van der Waals surface area (Å²) >= 11 is 3.90. The highest BCUT2D eigenvalue weighted by Crippen LogP contribution is 2.05. The van der Waals surface area contributed by atoms with Gasteiger partial charge in [0.05, 0.1) is 19.0 Å². The maximum Gasteiger partial charge on any atom is 0.326 e. The lowest BCUT2D eigenvalue weighted by Gasteiger charge is -2.24. The van der Waals surface area contributed by atoms with E-state index in [2.05, 4.69) is 38.5 Å². The number of hydrogen-bond donors (Lipinski definition) is 9. The van der Waals surface area contributed by atoms with Gasteiger partial charge in [0.2, 0.25) is 17.7 Å². The molecule has 4 atom stereocenters. The van der Waals surface area contributed by atoms with Gasteiger partial charge >= 0.3 is 5.97 Å². The van der Waals surface area contributed by atoms with Crippen LogP contribution in [-0.4, -0.2) is 86.9 Å². The largest absolute Gasteiger partial charge is 0.480 e. The van der Waals surface area contributed by atoms with Gasteiger partial charge in [-0.25, -0.2) is 9.78 Å². The topological polar surface area (TPSA) is 226 Å². The van der Waals surface area contributed by atoms with Gasteiger partial charge in [0.1, 0.15) is 18.1 Å². The Bertz CT molecular complexity index is 748. The van der Waals surface area contributed by atoms with Crippen molar-refractivity contribution in [2.75, 3.05) is 18.9 Å². The Balaban J connectivity index is 2.92. The number of carboxylic acids is 1. The number of rotatable bonds is 15. The first-order chi connectivity index (χ1) is 15.2. The van der Waals surface area contributed by atoms with Crippen LogP contribution in [0.5, 0.6) is 0 Å². The van der Waals surface area contributed by atoms with Gasteiger partial charge in [-0.15, -0.1) is 0 Å². The van der Waals surface area contributed by atoms with Crippen molar-refractivity contribution in [2.24, 2.45) is 11.5 Å². The number of aromatic amines is 1. The van der Waals surface area contributed by atoms with Crippen molar-refractivity contribution < 1.29 is 29.4 Å². The smallest absolute Gasteiger partial charge is 0.326 e. The second-order valence-corrected chi connectivity index (χ2v) is 7.42. The molecule has 0 spiro atoms. The lowest BCUT2D eigenvalue weighted by molar-refractivity contribution is -0.142. The number of hydrogen-bond acceptors (Lipinski definition) is 9. The zero-order chi connectivity index (χ0) is 24.1. The number of aromatic nitrogens is 2. The van der Waals surface area contributed by atoms with Crippen molar-refractivity contribution in [3.8, 4) is 0 Å². The number of carboxylic acid groups (broad SMARTS) is 1. The minimum absolute atomic E-state index is 0.0250. The molecule has 0 aromatic carbocycles. The minimum Gasteiger partial charge on any atom is -0.480 e. The second kappa shape index (κ2) is 14.4. The van der Waals surface area contributed by atoms with E-state index in [1.54, 1.807) is 0 Å². The standard InChI is InChI=1S/C18H31N7O6S/c19-4-2-1-3-12(18(30)31)23-16(28)13(5-10-6-21-9-22-10)24-17(29)14(7-26)25-15(27)11(20)8-32/h6,9,11-14,26,32H,1-5,7-8,19-20H2,(H,21,22)(H,23,28)(H,24,29)(H,25,27)(H,30,31). The van der Waals surface area contributed by atoms with Crippen LogP contribution in [0.4, 0.5) is 0 Å². The molecular formula is C18H31N7O6S. The molecule has 1 aromatic heterocycles. The summed E-state index contributed by atoms with van der Waals surface area (Å²) in [4.78, 5) is 55.5.